The van der Waals surface area contributed by atoms with E-state index in [-0.39, 0.29) is 6.10 Å². The van der Waals surface area contributed by atoms with Crippen molar-refractivity contribution in [1.82, 2.24) is 4.90 Å². The minimum Gasteiger partial charge on any atom is -0.389 e. The first-order chi connectivity index (χ1) is 4.70. The summed E-state index contributed by atoms with van der Waals surface area (Å²) in [5.74, 6) is 0. The second-order valence-electron chi connectivity index (χ2n) is 2.98. The van der Waals surface area contributed by atoms with Crippen molar-refractivity contribution in [3.63, 3.8) is 0 Å². The fourth-order valence-electron chi connectivity index (χ4n) is 1.23. The van der Waals surface area contributed by atoms with Crippen molar-refractivity contribution in [1.29, 1.82) is 0 Å². The number of rotatable bonds is 1. The van der Waals surface area contributed by atoms with E-state index in [9.17, 15) is 5.11 Å². The highest BCUT2D eigenvalue weighted by Gasteiger charge is 2.11. The molecule has 0 aliphatic carbocycles. The third-order valence-corrected chi connectivity index (χ3v) is 1.91. The van der Waals surface area contributed by atoms with Crippen LogP contribution in [-0.4, -0.2) is 36.2 Å². The van der Waals surface area contributed by atoms with Crippen LogP contribution < -0.4 is 0 Å². The highest BCUT2D eigenvalue weighted by Crippen LogP contribution is 2.10. The summed E-state index contributed by atoms with van der Waals surface area (Å²) in [5, 5.41) is 9.20. The van der Waals surface area contributed by atoms with Gasteiger partial charge >= 0.3 is 0 Å². The van der Waals surface area contributed by atoms with Crippen LogP contribution in [0.5, 0.6) is 0 Å². The van der Waals surface area contributed by atoms with Crippen molar-refractivity contribution in [2.75, 3.05) is 20.1 Å². The fraction of sp³-hybridized carbons (Fsp3) is 0.750. The minimum atomic E-state index is -0.261. The SMILES string of the molecule is CC(O)C1=CCCN(C)C1. The lowest BCUT2D eigenvalue weighted by Gasteiger charge is -2.24. The molecule has 0 aromatic rings. The van der Waals surface area contributed by atoms with Gasteiger partial charge in [-0.3, -0.25) is 0 Å². The molecule has 0 aromatic heterocycles. The molecule has 1 aliphatic heterocycles. The zero-order valence-corrected chi connectivity index (χ0v) is 6.67. The van der Waals surface area contributed by atoms with Crippen LogP contribution in [0, 0.1) is 0 Å². The van der Waals surface area contributed by atoms with Crippen LogP contribution in [0.3, 0.4) is 0 Å². The van der Waals surface area contributed by atoms with Gasteiger partial charge in [-0.15, -0.1) is 0 Å². The van der Waals surface area contributed by atoms with Crippen LogP contribution in [0.2, 0.25) is 0 Å². The van der Waals surface area contributed by atoms with Gasteiger partial charge in [0.25, 0.3) is 0 Å². The van der Waals surface area contributed by atoms with Crippen LogP contribution in [0.1, 0.15) is 13.3 Å². The Balaban J connectivity index is 2.51. The molecule has 0 aromatic carbocycles. The molecular weight excluding hydrogens is 126 g/mol. The summed E-state index contributed by atoms with van der Waals surface area (Å²) < 4.78 is 0. The number of likely N-dealkylation sites (N-methyl/N-ethyl adjacent to an activating group) is 1. The fourth-order valence-corrected chi connectivity index (χ4v) is 1.23. The van der Waals surface area contributed by atoms with Crippen molar-refractivity contribution in [2.24, 2.45) is 0 Å². The zero-order chi connectivity index (χ0) is 7.56. The monoisotopic (exact) mass is 141 g/mol. The molecule has 2 heteroatoms. The van der Waals surface area contributed by atoms with E-state index in [2.05, 4.69) is 18.0 Å². The van der Waals surface area contributed by atoms with E-state index in [1.54, 1.807) is 0 Å². The molecule has 10 heavy (non-hydrogen) atoms. The first-order valence-corrected chi connectivity index (χ1v) is 3.75. The van der Waals surface area contributed by atoms with Gasteiger partial charge in [-0.2, -0.15) is 0 Å². The Kier molecular flexibility index (Phi) is 2.46. The molecule has 0 spiro atoms. The lowest BCUT2D eigenvalue weighted by Crippen LogP contribution is -2.29. The maximum Gasteiger partial charge on any atom is 0.0734 e. The van der Waals surface area contributed by atoms with Crippen LogP contribution in [0.25, 0.3) is 0 Å². The summed E-state index contributed by atoms with van der Waals surface area (Å²) in [6.45, 7) is 3.87. The quantitative estimate of drug-likeness (QED) is 0.541. The number of aliphatic hydroxyl groups excluding tert-OH is 1. The van der Waals surface area contributed by atoms with Gasteiger partial charge in [0.15, 0.2) is 0 Å². The average molecular weight is 141 g/mol. The van der Waals surface area contributed by atoms with Gasteiger partial charge in [-0.25, -0.2) is 0 Å². The summed E-state index contributed by atoms with van der Waals surface area (Å²) in [7, 11) is 2.08. The van der Waals surface area contributed by atoms with E-state index in [1.807, 2.05) is 6.92 Å². The van der Waals surface area contributed by atoms with Gasteiger partial charge in [-0.05, 0) is 26.0 Å². The lowest BCUT2D eigenvalue weighted by molar-refractivity contribution is 0.209. The molecule has 1 rings (SSSR count). The molecule has 0 saturated carbocycles. The Morgan fingerprint density at radius 1 is 1.70 bits per heavy atom. The molecule has 1 N–H and O–H groups in total. The van der Waals surface area contributed by atoms with E-state index in [4.69, 9.17) is 0 Å². The third-order valence-electron chi connectivity index (χ3n) is 1.91. The molecule has 1 heterocycles. The molecule has 0 saturated heterocycles. The first kappa shape index (κ1) is 7.76. The molecule has 0 fully saturated rings. The Bertz CT molecular complexity index is 140. The summed E-state index contributed by atoms with van der Waals surface area (Å²) in [5.41, 5.74) is 1.16. The smallest absolute Gasteiger partial charge is 0.0734 e. The van der Waals surface area contributed by atoms with Crippen LogP contribution >= 0.6 is 0 Å². The normalized spacial score (nSPS) is 24.1. The van der Waals surface area contributed by atoms with E-state index < -0.39 is 0 Å². The summed E-state index contributed by atoms with van der Waals surface area (Å²) >= 11 is 0. The molecule has 1 unspecified atom stereocenters. The molecule has 58 valence electrons. The van der Waals surface area contributed by atoms with Crippen molar-refractivity contribution >= 4 is 0 Å². The molecule has 2 nitrogen and oxygen atoms in total. The summed E-state index contributed by atoms with van der Waals surface area (Å²) in [4.78, 5) is 2.22. The maximum atomic E-state index is 9.20. The topological polar surface area (TPSA) is 23.5 Å². The van der Waals surface area contributed by atoms with Gasteiger partial charge in [0.05, 0.1) is 6.10 Å². The number of aliphatic hydroxyl groups is 1. The largest absolute Gasteiger partial charge is 0.389 e. The number of hydrogen-bond acceptors (Lipinski definition) is 2. The Morgan fingerprint density at radius 3 is 2.80 bits per heavy atom. The Labute approximate surface area is 62.2 Å². The summed E-state index contributed by atoms with van der Waals surface area (Å²) in [6, 6.07) is 0. The van der Waals surface area contributed by atoms with Crippen LogP contribution in [0.15, 0.2) is 11.6 Å². The molecule has 1 atom stereocenters. The Morgan fingerprint density at radius 2 is 2.40 bits per heavy atom. The highest BCUT2D eigenvalue weighted by atomic mass is 16.3. The second kappa shape index (κ2) is 3.17. The second-order valence-corrected chi connectivity index (χ2v) is 2.98. The van der Waals surface area contributed by atoms with Crippen molar-refractivity contribution in [2.45, 2.75) is 19.4 Å². The molecule has 0 radical (unpaired) electrons. The molecule has 0 amide bonds. The van der Waals surface area contributed by atoms with Gasteiger partial charge < -0.3 is 10.0 Å². The molecule has 0 bridgehead atoms. The maximum absolute atomic E-state index is 9.20. The van der Waals surface area contributed by atoms with Gasteiger partial charge in [-0.1, -0.05) is 6.08 Å². The lowest BCUT2D eigenvalue weighted by atomic mass is 10.1. The standard InChI is InChI=1S/C8H15NO/c1-7(10)8-4-3-5-9(2)6-8/h4,7,10H,3,5-6H2,1-2H3. The third kappa shape index (κ3) is 1.82. The van der Waals surface area contributed by atoms with Crippen molar-refractivity contribution in [3.05, 3.63) is 11.6 Å². The van der Waals surface area contributed by atoms with E-state index >= 15 is 0 Å². The molecular formula is C8H15NO. The minimum absolute atomic E-state index is 0.261. The average Bonchev–Trinajstić information content (AvgIpc) is 1.88. The highest BCUT2D eigenvalue weighted by molar-refractivity contribution is 5.11. The van der Waals surface area contributed by atoms with Gasteiger partial charge in [0.1, 0.15) is 0 Å². The van der Waals surface area contributed by atoms with Crippen molar-refractivity contribution in [3.8, 4) is 0 Å². The molecule has 1 aliphatic rings. The van der Waals surface area contributed by atoms with Crippen molar-refractivity contribution < 1.29 is 5.11 Å². The van der Waals surface area contributed by atoms with Crippen LogP contribution in [0.4, 0.5) is 0 Å². The van der Waals surface area contributed by atoms with Gasteiger partial charge in [0, 0.05) is 13.1 Å². The van der Waals surface area contributed by atoms with Gasteiger partial charge in [0.2, 0.25) is 0 Å². The predicted molar refractivity (Wildman–Crippen MR) is 41.9 cm³/mol. The number of hydrogen-bond donors (Lipinski definition) is 1. The predicted octanol–water partition coefficient (Wildman–Crippen LogP) is 0.629. The van der Waals surface area contributed by atoms with E-state index in [0.717, 1.165) is 25.1 Å². The zero-order valence-electron chi connectivity index (χ0n) is 6.67. The van der Waals surface area contributed by atoms with Crippen LogP contribution in [-0.2, 0) is 0 Å². The first-order valence-electron chi connectivity index (χ1n) is 3.75. The summed E-state index contributed by atoms with van der Waals surface area (Å²) in [6.07, 6.45) is 2.96. The number of nitrogens with zero attached hydrogens (tertiary/aromatic N) is 1. The van der Waals surface area contributed by atoms with E-state index in [0.29, 0.717) is 0 Å². The van der Waals surface area contributed by atoms with E-state index in [1.165, 1.54) is 0 Å². The Hall–Kier alpha value is -0.340.